The molecule has 0 fully saturated rings. The molecule has 10 aromatic carbocycles. The standard InChI is InChI=1S/C55H40N8O19S5/c1-27-15-44(46(64)25-42(27)59-56-33-21-39-37(50(23-33)85(74,75)76)5-3-7-48(39)83(68,69)70)61-58-41-14-11-31-18-29(9-12-35(31)54(41)66)17-30-10-13-36-32(19-30)20-52(87(80,81)82)53(55(36)67)63-62-45-16-28(2)43(26-47(45)65)60-57-34-22-40-38(51(24-34)86(77,78)79)6-4-8-49(40)84(71,72)73/h3-16,18-26,64-67H,17H2,1-2H3,(H,68,69,70)(H,71,72,73)(H,74,75,76)(H,77,78,79)(H,80,81,82). The molecule has 0 amide bonds. The van der Waals surface area contributed by atoms with E-state index in [1.165, 1.54) is 55.5 Å². The normalized spacial score (nSPS) is 13.0. The number of aryl methyl sites for hydroxylation is 2. The summed E-state index contributed by atoms with van der Waals surface area (Å²) in [6.07, 6.45) is 0.242. The van der Waals surface area contributed by atoms with Crippen LogP contribution in [0.3, 0.4) is 0 Å². The topological polar surface area (TPSA) is 452 Å². The third kappa shape index (κ3) is 12.6. The number of hydrogen-bond donors (Lipinski definition) is 9. The van der Waals surface area contributed by atoms with Gasteiger partial charge in [-0.2, -0.15) is 62.5 Å². The van der Waals surface area contributed by atoms with Crippen molar-refractivity contribution >= 4 is 139 Å². The summed E-state index contributed by atoms with van der Waals surface area (Å²) in [7, 11) is -24.7. The number of hydrogen-bond acceptors (Lipinski definition) is 22. The van der Waals surface area contributed by atoms with Gasteiger partial charge in [0.1, 0.15) is 58.7 Å². The summed E-state index contributed by atoms with van der Waals surface area (Å²) >= 11 is 0. The summed E-state index contributed by atoms with van der Waals surface area (Å²) in [4.78, 5) is -3.61. The van der Waals surface area contributed by atoms with Crippen LogP contribution in [0.25, 0.3) is 43.1 Å². The molecule has 0 saturated heterocycles. The van der Waals surface area contributed by atoms with Gasteiger partial charge in [0, 0.05) is 44.5 Å². The van der Waals surface area contributed by atoms with Gasteiger partial charge >= 0.3 is 0 Å². The molecule has 32 heteroatoms. The van der Waals surface area contributed by atoms with E-state index in [1.54, 1.807) is 43.3 Å². The van der Waals surface area contributed by atoms with E-state index in [0.717, 1.165) is 60.2 Å². The molecule has 9 N–H and O–H groups in total. The monoisotopic (exact) mass is 1280 g/mol. The molecule has 87 heavy (non-hydrogen) atoms. The van der Waals surface area contributed by atoms with Crippen molar-refractivity contribution in [2.45, 2.75) is 44.7 Å². The fourth-order valence-electron chi connectivity index (χ4n) is 9.34. The maximum absolute atomic E-state index is 12.8. The van der Waals surface area contributed by atoms with E-state index >= 15 is 0 Å². The number of phenols is 4. The first kappa shape index (κ1) is 60.5. The Morgan fingerprint density at radius 1 is 0.322 bits per heavy atom. The minimum absolute atomic E-state index is 0.0161. The molecule has 10 aromatic rings. The molecule has 27 nitrogen and oxygen atoms in total. The van der Waals surface area contributed by atoms with Gasteiger partial charge in [-0.15, -0.1) is 20.5 Å². The second kappa shape index (κ2) is 22.3. The van der Waals surface area contributed by atoms with Crippen molar-refractivity contribution in [1.82, 2.24) is 0 Å². The Bertz CT molecular complexity index is 5370. The first-order chi connectivity index (χ1) is 40.7. The summed E-state index contributed by atoms with van der Waals surface area (Å²) < 4.78 is 173. The summed E-state index contributed by atoms with van der Waals surface area (Å²) in [6.45, 7) is 3.06. The molecule has 0 aliphatic heterocycles. The smallest absolute Gasteiger partial charge is 0.296 e. The van der Waals surface area contributed by atoms with Crippen molar-refractivity contribution in [2.24, 2.45) is 40.9 Å². The van der Waals surface area contributed by atoms with Gasteiger partial charge in [-0.3, -0.25) is 22.8 Å². The summed E-state index contributed by atoms with van der Waals surface area (Å²) in [6, 6.07) is 29.7. The Labute approximate surface area is 492 Å². The maximum Gasteiger partial charge on any atom is 0.296 e. The Balaban J connectivity index is 0.862. The zero-order valence-corrected chi connectivity index (χ0v) is 48.3. The SMILES string of the molecule is Cc1cc(N=Nc2ccc3cc(Cc4ccc5c(O)c(N=Nc6cc(C)c(N=Nc7cc(S(=O)(=O)O)c8cccc(S(=O)(=O)O)c8c7)cc6O)c(S(=O)(=O)O)cc5c4)ccc3c2O)c(O)cc1N=Nc1cc(S(=O)(=O)O)c2cccc(S(=O)(=O)O)c2c1. The maximum atomic E-state index is 12.8. The van der Waals surface area contributed by atoms with E-state index in [4.69, 9.17) is 0 Å². The van der Waals surface area contributed by atoms with Crippen molar-refractivity contribution in [3.8, 4) is 23.0 Å². The number of rotatable bonds is 15. The van der Waals surface area contributed by atoms with Crippen LogP contribution >= 0.6 is 0 Å². The van der Waals surface area contributed by atoms with Gasteiger partial charge < -0.3 is 20.4 Å². The molecule has 444 valence electrons. The van der Waals surface area contributed by atoms with Crippen molar-refractivity contribution in [2.75, 3.05) is 0 Å². The zero-order chi connectivity index (χ0) is 62.9. The third-order valence-corrected chi connectivity index (χ3v) is 17.9. The van der Waals surface area contributed by atoms with Crippen LogP contribution in [0.4, 0.5) is 45.5 Å². The molecule has 0 aliphatic rings. The quantitative estimate of drug-likeness (QED) is 0.0340. The molecular formula is C55H40N8O19S5. The Kier molecular flexibility index (Phi) is 15.5. The summed E-state index contributed by atoms with van der Waals surface area (Å²) in [5.74, 6) is -2.01. The van der Waals surface area contributed by atoms with Crippen LogP contribution in [0.15, 0.2) is 205 Å². The van der Waals surface area contributed by atoms with Gasteiger partial charge in [-0.25, -0.2) is 0 Å². The largest absolute Gasteiger partial charge is 0.506 e. The lowest BCUT2D eigenvalue weighted by Gasteiger charge is -2.11. The first-order valence-electron chi connectivity index (χ1n) is 24.6. The van der Waals surface area contributed by atoms with Crippen LogP contribution in [0.1, 0.15) is 22.3 Å². The molecule has 0 heterocycles. The Morgan fingerprint density at radius 3 is 1.20 bits per heavy atom. The second-order valence-electron chi connectivity index (χ2n) is 19.3. The fraction of sp³-hybridized carbons (Fsp3) is 0.0545. The lowest BCUT2D eigenvalue weighted by molar-refractivity contribution is 0.471. The average Bonchev–Trinajstić information content (AvgIpc) is 0.944. The van der Waals surface area contributed by atoms with E-state index in [1.807, 2.05) is 0 Å². The highest BCUT2D eigenvalue weighted by Gasteiger charge is 2.26. The van der Waals surface area contributed by atoms with Crippen molar-refractivity contribution < 1.29 is 85.3 Å². The minimum Gasteiger partial charge on any atom is -0.506 e. The van der Waals surface area contributed by atoms with E-state index < -0.39 is 98.0 Å². The zero-order valence-electron chi connectivity index (χ0n) is 44.2. The number of benzene rings is 10. The summed E-state index contributed by atoms with van der Waals surface area (Å²) in [5.41, 5.74) is 0.459. The van der Waals surface area contributed by atoms with Gasteiger partial charge in [-0.05, 0) is 114 Å². The number of aromatic hydroxyl groups is 4. The molecule has 0 aliphatic carbocycles. The van der Waals surface area contributed by atoms with Crippen molar-refractivity contribution in [3.05, 3.63) is 162 Å². The Hall–Kier alpha value is -9.61. The molecule has 0 unspecified atom stereocenters. The number of azo groups is 4. The third-order valence-electron chi connectivity index (χ3n) is 13.4. The van der Waals surface area contributed by atoms with Gasteiger partial charge in [0.25, 0.3) is 50.6 Å². The van der Waals surface area contributed by atoms with Crippen LogP contribution in [-0.4, -0.2) is 85.3 Å². The first-order valence-corrected chi connectivity index (χ1v) is 31.8. The highest BCUT2D eigenvalue weighted by molar-refractivity contribution is 7.87. The molecule has 0 radical (unpaired) electrons. The highest BCUT2D eigenvalue weighted by atomic mass is 32.2. The molecule has 10 rings (SSSR count). The number of phenolic OH excluding ortho intramolecular Hbond substituents is 4. The van der Waals surface area contributed by atoms with E-state index in [-0.39, 0.29) is 89.9 Å². The molecule has 0 atom stereocenters. The van der Waals surface area contributed by atoms with E-state index in [9.17, 15) is 85.3 Å². The van der Waals surface area contributed by atoms with Crippen molar-refractivity contribution in [3.63, 3.8) is 0 Å². The predicted octanol–water partition coefficient (Wildman–Crippen LogP) is 13.2. The van der Waals surface area contributed by atoms with Crippen LogP contribution in [-0.2, 0) is 57.0 Å². The van der Waals surface area contributed by atoms with Crippen LogP contribution in [0.2, 0.25) is 0 Å². The molecule has 0 aromatic heterocycles. The predicted molar refractivity (Wildman–Crippen MR) is 313 cm³/mol. The average molecular weight is 1280 g/mol. The van der Waals surface area contributed by atoms with Gasteiger partial charge in [0.2, 0.25) is 0 Å². The highest BCUT2D eigenvalue weighted by Crippen LogP contribution is 2.45. The van der Waals surface area contributed by atoms with Gasteiger partial charge in [0.15, 0.2) is 11.5 Å². The second-order valence-corrected chi connectivity index (χ2v) is 26.3. The lowest BCUT2D eigenvalue weighted by atomic mass is 9.98. The molecule has 0 bridgehead atoms. The van der Waals surface area contributed by atoms with Crippen LogP contribution < -0.4 is 0 Å². The van der Waals surface area contributed by atoms with Crippen LogP contribution in [0, 0.1) is 13.8 Å². The fourth-order valence-corrected chi connectivity index (χ4v) is 12.8. The van der Waals surface area contributed by atoms with Crippen molar-refractivity contribution in [1.29, 1.82) is 0 Å². The van der Waals surface area contributed by atoms with E-state index in [2.05, 4.69) is 40.9 Å². The van der Waals surface area contributed by atoms with Gasteiger partial charge in [0.05, 0.1) is 22.7 Å². The molecule has 0 spiro atoms. The minimum atomic E-state index is -5.10. The lowest BCUT2D eigenvalue weighted by Crippen LogP contribution is -2.03. The van der Waals surface area contributed by atoms with Gasteiger partial charge in [-0.1, -0.05) is 66.7 Å². The summed E-state index contributed by atoms with van der Waals surface area (Å²) in [5, 5.41) is 76.7. The molecule has 0 saturated carbocycles. The number of fused-ring (bicyclic) bond motifs is 4. The number of nitrogens with zero attached hydrogens (tertiary/aromatic N) is 8. The Morgan fingerprint density at radius 2 is 0.736 bits per heavy atom. The molecular weight excluding hydrogens is 1240 g/mol. The van der Waals surface area contributed by atoms with Crippen LogP contribution in [0.5, 0.6) is 23.0 Å². The van der Waals surface area contributed by atoms with E-state index in [0.29, 0.717) is 21.9 Å².